The van der Waals surface area contributed by atoms with Crippen molar-refractivity contribution in [1.29, 1.82) is 0 Å². The molecule has 0 spiro atoms. The summed E-state index contributed by atoms with van der Waals surface area (Å²) in [6, 6.07) is 0. The van der Waals surface area contributed by atoms with E-state index >= 15 is 0 Å². The fourth-order valence-electron chi connectivity index (χ4n) is 0.771. The molecule has 84 valence electrons. The van der Waals surface area contributed by atoms with E-state index in [0.717, 1.165) is 11.4 Å². The number of nitrogens with zero attached hydrogens (tertiary/aromatic N) is 1. The lowest BCUT2D eigenvalue weighted by Crippen LogP contribution is -2.44. The van der Waals surface area contributed by atoms with E-state index in [9.17, 15) is 13.2 Å². The second-order valence-corrected chi connectivity index (χ2v) is 3.98. The maximum Gasteiger partial charge on any atom is 0.421 e. The smallest absolute Gasteiger partial charge is 0.421 e. The molecule has 14 heavy (non-hydrogen) atoms. The first-order valence-electron chi connectivity index (χ1n) is 3.94. The van der Waals surface area contributed by atoms with Crippen molar-refractivity contribution in [2.45, 2.75) is 6.92 Å². The molecule has 1 amide bonds. The number of ether oxygens (including phenoxy) is 1. The number of aliphatic hydroxyl groups excluding tert-OH is 1. The number of rotatable bonds is 5. The molecule has 0 aromatic carbocycles. The number of hydrogen-bond acceptors (Lipinski definition) is 5. The van der Waals surface area contributed by atoms with Crippen LogP contribution in [0.15, 0.2) is 0 Å². The maximum atomic E-state index is 11.3. The van der Waals surface area contributed by atoms with Crippen molar-refractivity contribution in [3.05, 3.63) is 0 Å². The first-order valence-corrected chi connectivity index (χ1v) is 5.38. The van der Waals surface area contributed by atoms with Crippen molar-refractivity contribution in [2.24, 2.45) is 0 Å². The fraction of sp³-hybridized carbons (Fsp3) is 0.833. The molecule has 0 saturated heterocycles. The van der Waals surface area contributed by atoms with Crippen LogP contribution < -0.4 is 4.72 Å². The van der Waals surface area contributed by atoms with Gasteiger partial charge in [-0.3, -0.25) is 0 Å². The van der Waals surface area contributed by atoms with Crippen molar-refractivity contribution < 1.29 is 23.1 Å². The average Bonchev–Trinajstić information content (AvgIpc) is 2.12. The maximum absolute atomic E-state index is 11.3. The number of nitrogens with one attached hydrogen (secondary N) is 1. The van der Waals surface area contributed by atoms with Gasteiger partial charge < -0.3 is 9.84 Å². The van der Waals surface area contributed by atoms with Crippen LogP contribution in [0.4, 0.5) is 4.79 Å². The van der Waals surface area contributed by atoms with Gasteiger partial charge in [0.25, 0.3) is 0 Å². The van der Waals surface area contributed by atoms with Gasteiger partial charge in [0.1, 0.15) is 0 Å². The standard InChI is InChI=1S/C6H14N2O5S/c1-3-8(4-5-9)14(11,12)7-6(10)13-2/h9H,3-5H2,1-2H3,(H,7,10). The Hall–Kier alpha value is -0.860. The largest absolute Gasteiger partial charge is 0.452 e. The Balaban J connectivity index is 4.49. The highest BCUT2D eigenvalue weighted by atomic mass is 32.2. The number of carbonyl (C=O) groups is 1. The molecule has 0 aromatic rings. The summed E-state index contributed by atoms with van der Waals surface area (Å²) in [5.74, 6) is 0. The van der Waals surface area contributed by atoms with Gasteiger partial charge in [-0.05, 0) is 0 Å². The molecule has 0 atom stereocenters. The molecule has 0 aliphatic heterocycles. The summed E-state index contributed by atoms with van der Waals surface area (Å²) < 4.78 is 29.4. The Labute approximate surface area is 82.8 Å². The third-order valence-corrected chi connectivity index (χ3v) is 2.98. The van der Waals surface area contributed by atoms with Crippen LogP contribution in [0.3, 0.4) is 0 Å². The molecule has 0 fully saturated rings. The molecule has 7 nitrogen and oxygen atoms in total. The summed E-state index contributed by atoms with van der Waals surface area (Å²) in [4.78, 5) is 10.7. The summed E-state index contributed by atoms with van der Waals surface area (Å²) in [5.41, 5.74) is 0. The van der Waals surface area contributed by atoms with Crippen LogP contribution in [0.2, 0.25) is 0 Å². The minimum Gasteiger partial charge on any atom is -0.452 e. The first kappa shape index (κ1) is 13.1. The molecule has 0 rings (SSSR count). The SMILES string of the molecule is CCN(CCO)S(=O)(=O)NC(=O)OC. The number of likely N-dealkylation sites (N-methyl/N-ethyl adjacent to an activating group) is 1. The topological polar surface area (TPSA) is 95.9 Å². The molecule has 8 heteroatoms. The van der Waals surface area contributed by atoms with Crippen LogP contribution in [0, 0.1) is 0 Å². The Morgan fingerprint density at radius 1 is 1.57 bits per heavy atom. The van der Waals surface area contributed by atoms with Crippen LogP contribution in [-0.2, 0) is 14.9 Å². The lowest BCUT2D eigenvalue weighted by atomic mass is 10.6. The zero-order chi connectivity index (χ0) is 11.2. The third kappa shape index (κ3) is 3.90. The van der Waals surface area contributed by atoms with Crippen LogP contribution in [0.25, 0.3) is 0 Å². The highest BCUT2D eigenvalue weighted by Crippen LogP contribution is 1.96. The van der Waals surface area contributed by atoms with Gasteiger partial charge in [0, 0.05) is 13.1 Å². The molecule has 0 aromatic heterocycles. The number of hydrogen-bond donors (Lipinski definition) is 2. The molecule has 0 radical (unpaired) electrons. The quantitative estimate of drug-likeness (QED) is 0.620. The van der Waals surface area contributed by atoms with E-state index < -0.39 is 16.3 Å². The Kier molecular flexibility index (Phi) is 5.43. The van der Waals surface area contributed by atoms with Crippen molar-refractivity contribution in [1.82, 2.24) is 9.03 Å². The third-order valence-electron chi connectivity index (χ3n) is 1.44. The van der Waals surface area contributed by atoms with Crippen LogP contribution in [0.1, 0.15) is 6.92 Å². The minimum absolute atomic E-state index is 0.0666. The van der Waals surface area contributed by atoms with Gasteiger partial charge in [-0.25, -0.2) is 9.52 Å². The predicted octanol–water partition coefficient (Wildman–Crippen LogP) is -1.10. The van der Waals surface area contributed by atoms with Gasteiger partial charge in [-0.1, -0.05) is 6.92 Å². The summed E-state index contributed by atoms with van der Waals surface area (Å²) >= 11 is 0. The molecule has 0 aliphatic carbocycles. The monoisotopic (exact) mass is 226 g/mol. The van der Waals surface area contributed by atoms with Gasteiger partial charge in [0.15, 0.2) is 0 Å². The summed E-state index contributed by atoms with van der Waals surface area (Å²) in [6.45, 7) is 1.37. The zero-order valence-corrected chi connectivity index (χ0v) is 8.87. The minimum atomic E-state index is -3.90. The van der Waals surface area contributed by atoms with E-state index in [1.54, 1.807) is 11.6 Å². The second kappa shape index (κ2) is 5.78. The Morgan fingerprint density at radius 3 is 2.50 bits per heavy atom. The lowest BCUT2D eigenvalue weighted by Gasteiger charge is -2.18. The number of amides is 1. The lowest BCUT2D eigenvalue weighted by molar-refractivity contribution is 0.176. The van der Waals surface area contributed by atoms with E-state index in [0.29, 0.717) is 0 Å². The van der Waals surface area contributed by atoms with Crippen molar-refractivity contribution in [3.8, 4) is 0 Å². The average molecular weight is 226 g/mol. The van der Waals surface area contributed by atoms with Gasteiger partial charge in [-0.2, -0.15) is 12.7 Å². The van der Waals surface area contributed by atoms with E-state index in [-0.39, 0.29) is 19.7 Å². The van der Waals surface area contributed by atoms with Gasteiger partial charge in [0.05, 0.1) is 13.7 Å². The summed E-state index contributed by atoms with van der Waals surface area (Å²) in [7, 11) is -2.83. The highest BCUT2D eigenvalue weighted by molar-refractivity contribution is 7.87. The van der Waals surface area contributed by atoms with E-state index in [1.165, 1.54) is 0 Å². The predicted molar refractivity (Wildman–Crippen MR) is 48.8 cm³/mol. The Bertz CT molecular complexity index is 276. The molecular weight excluding hydrogens is 212 g/mol. The van der Waals surface area contributed by atoms with Crippen molar-refractivity contribution in [3.63, 3.8) is 0 Å². The summed E-state index contributed by atoms with van der Waals surface area (Å²) in [6.07, 6.45) is -1.05. The number of carbonyl (C=O) groups excluding carboxylic acids is 1. The zero-order valence-electron chi connectivity index (χ0n) is 8.06. The molecule has 0 unspecified atom stereocenters. The van der Waals surface area contributed by atoms with E-state index in [4.69, 9.17) is 5.11 Å². The molecule has 0 heterocycles. The van der Waals surface area contributed by atoms with Gasteiger partial charge >= 0.3 is 16.3 Å². The van der Waals surface area contributed by atoms with Crippen molar-refractivity contribution in [2.75, 3.05) is 26.8 Å². The normalized spacial score (nSPS) is 11.4. The number of aliphatic hydroxyl groups is 1. The first-order chi connectivity index (χ1) is 6.47. The fourth-order valence-corrected chi connectivity index (χ4v) is 1.86. The van der Waals surface area contributed by atoms with Gasteiger partial charge in [-0.15, -0.1) is 0 Å². The van der Waals surface area contributed by atoms with Crippen LogP contribution >= 0.6 is 0 Å². The van der Waals surface area contributed by atoms with E-state index in [1.807, 2.05) is 0 Å². The van der Waals surface area contributed by atoms with Crippen LogP contribution in [0.5, 0.6) is 0 Å². The second-order valence-electron chi connectivity index (χ2n) is 2.31. The molecule has 2 N–H and O–H groups in total. The molecule has 0 aliphatic rings. The van der Waals surface area contributed by atoms with Crippen molar-refractivity contribution >= 4 is 16.3 Å². The number of methoxy groups -OCH3 is 1. The molecule has 0 saturated carbocycles. The van der Waals surface area contributed by atoms with Gasteiger partial charge in [0.2, 0.25) is 0 Å². The summed E-state index contributed by atoms with van der Waals surface area (Å²) in [5, 5.41) is 8.57. The molecule has 0 bridgehead atoms. The Morgan fingerprint density at radius 2 is 2.14 bits per heavy atom. The highest BCUT2D eigenvalue weighted by Gasteiger charge is 2.22. The van der Waals surface area contributed by atoms with E-state index in [2.05, 4.69) is 4.74 Å². The van der Waals surface area contributed by atoms with Crippen LogP contribution in [-0.4, -0.2) is 50.7 Å². The molecular formula is C6H14N2O5S.